The Labute approximate surface area is 69.6 Å². The van der Waals surface area contributed by atoms with Crippen LogP contribution in [0.2, 0.25) is 0 Å². The van der Waals surface area contributed by atoms with Gasteiger partial charge in [0.15, 0.2) is 12.4 Å². The summed E-state index contributed by atoms with van der Waals surface area (Å²) in [6.45, 7) is 0. The van der Waals surface area contributed by atoms with Crippen molar-refractivity contribution in [2.45, 2.75) is 0 Å². The van der Waals surface area contributed by atoms with Crippen LogP contribution in [0.3, 0.4) is 0 Å². The summed E-state index contributed by atoms with van der Waals surface area (Å²) in [5.74, 6) is 0. The van der Waals surface area contributed by atoms with E-state index in [2.05, 4.69) is 0 Å². The molecule has 1 aromatic heterocycles. The molecule has 2 rings (SSSR count). The Bertz CT molecular complexity index is 426. The minimum atomic E-state index is 0.702. The number of hydrogen-bond donors (Lipinski definition) is 1. The minimum absolute atomic E-state index is 0.702. The summed E-state index contributed by atoms with van der Waals surface area (Å²) in [4.78, 5) is 0. The fourth-order valence-electron chi connectivity index (χ4n) is 1.23. The van der Waals surface area contributed by atoms with Crippen molar-refractivity contribution in [3.05, 3.63) is 41.9 Å². The molecular formula is C9H8N2O. The number of nitrogen functional groups attached to an aromatic ring is 1. The molecule has 0 bridgehead atoms. The summed E-state index contributed by atoms with van der Waals surface area (Å²) in [6, 6.07) is 7.23. The highest BCUT2D eigenvalue weighted by atomic mass is 16.5. The second-order valence-electron chi connectivity index (χ2n) is 2.65. The highest BCUT2D eigenvalue weighted by Crippen LogP contribution is 2.17. The minimum Gasteiger partial charge on any atom is -0.619 e. The number of rotatable bonds is 0. The summed E-state index contributed by atoms with van der Waals surface area (Å²) in [5.41, 5.74) is 6.40. The molecule has 60 valence electrons. The Kier molecular flexibility index (Phi) is 1.37. The fourth-order valence-corrected chi connectivity index (χ4v) is 1.23. The Hall–Kier alpha value is -1.77. The van der Waals surface area contributed by atoms with E-state index in [1.807, 2.05) is 18.2 Å². The van der Waals surface area contributed by atoms with Crippen LogP contribution in [0.25, 0.3) is 10.8 Å². The molecule has 1 heterocycles. The number of anilines is 1. The lowest BCUT2D eigenvalue weighted by atomic mass is 10.1. The molecule has 0 radical (unpaired) electrons. The third-order valence-electron chi connectivity index (χ3n) is 1.83. The van der Waals surface area contributed by atoms with Gasteiger partial charge in [-0.1, -0.05) is 6.07 Å². The maximum atomic E-state index is 10.9. The van der Waals surface area contributed by atoms with Gasteiger partial charge in [0, 0.05) is 22.5 Å². The molecule has 2 aromatic rings. The highest BCUT2D eigenvalue weighted by molar-refractivity contribution is 5.91. The maximum Gasteiger partial charge on any atom is 0.188 e. The summed E-state index contributed by atoms with van der Waals surface area (Å²) in [5, 5.41) is 12.7. The summed E-state index contributed by atoms with van der Waals surface area (Å²) in [7, 11) is 0. The van der Waals surface area contributed by atoms with Crippen LogP contribution < -0.4 is 10.5 Å². The first-order chi connectivity index (χ1) is 5.77. The molecule has 0 aliphatic rings. The van der Waals surface area contributed by atoms with Crippen molar-refractivity contribution >= 4 is 16.5 Å². The Morgan fingerprint density at radius 3 is 2.92 bits per heavy atom. The summed E-state index contributed by atoms with van der Waals surface area (Å²) in [6.07, 6.45) is 2.95. The molecule has 1 aromatic carbocycles. The van der Waals surface area contributed by atoms with Crippen LogP contribution >= 0.6 is 0 Å². The van der Waals surface area contributed by atoms with Crippen molar-refractivity contribution in [1.82, 2.24) is 0 Å². The molecule has 0 atom stereocenters. The first-order valence-corrected chi connectivity index (χ1v) is 3.64. The van der Waals surface area contributed by atoms with Crippen LogP contribution in [0.4, 0.5) is 5.69 Å². The predicted octanol–water partition coefficient (Wildman–Crippen LogP) is 1.06. The van der Waals surface area contributed by atoms with Gasteiger partial charge in [0.2, 0.25) is 0 Å². The van der Waals surface area contributed by atoms with Crippen LogP contribution in [0, 0.1) is 5.21 Å². The topological polar surface area (TPSA) is 53.0 Å². The number of benzene rings is 1. The Morgan fingerprint density at radius 2 is 2.08 bits per heavy atom. The van der Waals surface area contributed by atoms with E-state index in [0.717, 1.165) is 15.5 Å². The fraction of sp³-hybridized carbons (Fsp3) is 0. The Morgan fingerprint density at radius 1 is 1.25 bits per heavy atom. The molecule has 2 N–H and O–H groups in total. The second kappa shape index (κ2) is 2.37. The van der Waals surface area contributed by atoms with Crippen LogP contribution in [0.5, 0.6) is 0 Å². The molecule has 0 unspecified atom stereocenters. The zero-order chi connectivity index (χ0) is 8.55. The molecule has 0 aliphatic carbocycles. The van der Waals surface area contributed by atoms with Gasteiger partial charge in [-0.3, -0.25) is 0 Å². The number of aromatic nitrogens is 1. The third kappa shape index (κ3) is 0.955. The van der Waals surface area contributed by atoms with E-state index >= 15 is 0 Å². The van der Waals surface area contributed by atoms with Crippen molar-refractivity contribution in [3.63, 3.8) is 0 Å². The number of fused-ring (bicyclic) bond motifs is 1. The van der Waals surface area contributed by atoms with E-state index in [1.54, 1.807) is 6.07 Å². The quantitative estimate of drug-likeness (QED) is 0.356. The number of nitrogens with zero attached hydrogens (tertiary/aromatic N) is 1. The van der Waals surface area contributed by atoms with Crippen LogP contribution in [0.1, 0.15) is 0 Å². The molecule has 12 heavy (non-hydrogen) atoms. The van der Waals surface area contributed by atoms with Crippen LogP contribution in [-0.4, -0.2) is 0 Å². The number of hydrogen-bond acceptors (Lipinski definition) is 2. The van der Waals surface area contributed by atoms with Crippen LogP contribution in [-0.2, 0) is 0 Å². The lowest BCUT2D eigenvalue weighted by Crippen LogP contribution is -2.23. The molecule has 0 saturated heterocycles. The van der Waals surface area contributed by atoms with Gasteiger partial charge in [-0.15, -0.1) is 0 Å². The molecule has 0 fully saturated rings. The van der Waals surface area contributed by atoms with Crippen molar-refractivity contribution in [1.29, 1.82) is 0 Å². The summed E-state index contributed by atoms with van der Waals surface area (Å²) < 4.78 is 0.766. The first-order valence-electron chi connectivity index (χ1n) is 3.64. The molecule has 0 amide bonds. The molecule has 3 nitrogen and oxygen atoms in total. The maximum absolute atomic E-state index is 10.9. The van der Waals surface area contributed by atoms with Crippen molar-refractivity contribution in [2.75, 3.05) is 5.73 Å². The van der Waals surface area contributed by atoms with E-state index in [9.17, 15) is 5.21 Å². The van der Waals surface area contributed by atoms with Gasteiger partial charge in [-0.05, 0) is 12.1 Å². The zero-order valence-corrected chi connectivity index (χ0v) is 6.40. The predicted molar refractivity (Wildman–Crippen MR) is 47.3 cm³/mol. The molecular weight excluding hydrogens is 152 g/mol. The van der Waals surface area contributed by atoms with E-state index in [-0.39, 0.29) is 0 Å². The van der Waals surface area contributed by atoms with Crippen LogP contribution in [0.15, 0.2) is 36.7 Å². The van der Waals surface area contributed by atoms with Gasteiger partial charge < -0.3 is 10.9 Å². The number of nitrogens with two attached hydrogens (primary N) is 1. The van der Waals surface area contributed by atoms with Gasteiger partial charge in [0.25, 0.3) is 0 Å². The second-order valence-corrected chi connectivity index (χ2v) is 2.65. The van der Waals surface area contributed by atoms with Gasteiger partial charge in [0.05, 0.1) is 0 Å². The van der Waals surface area contributed by atoms with Crippen molar-refractivity contribution in [3.8, 4) is 0 Å². The van der Waals surface area contributed by atoms with E-state index in [1.165, 1.54) is 12.4 Å². The third-order valence-corrected chi connectivity index (χ3v) is 1.83. The smallest absolute Gasteiger partial charge is 0.188 e. The molecule has 0 spiro atoms. The average Bonchev–Trinajstić information content (AvgIpc) is 2.04. The number of pyridine rings is 1. The van der Waals surface area contributed by atoms with E-state index < -0.39 is 0 Å². The first kappa shape index (κ1) is 6.91. The lowest BCUT2D eigenvalue weighted by molar-refractivity contribution is -0.603. The van der Waals surface area contributed by atoms with Crippen molar-refractivity contribution in [2.24, 2.45) is 0 Å². The molecule has 0 aliphatic heterocycles. The molecule has 0 saturated carbocycles. The van der Waals surface area contributed by atoms with E-state index in [4.69, 9.17) is 5.73 Å². The van der Waals surface area contributed by atoms with Gasteiger partial charge in [-0.25, -0.2) is 0 Å². The van der Waals surface area contributed by atoms with Gasteiger partial charge in [-0.2, -0.15) is 4.73 Å². The molecule has 3 heteroatoms. The SMILES string of the molecule is Nc1cccc2c[n+]([O-])ccc12. The Balaban J connectivity index is 2.86. The highest BCUT2D eigenvalue weighted by Gasteiger charge is 1.99. The standard InChI is InChI=1S/C9H8N2O/c10-9-3-1-2-7-6-11(12)5-4-8(7)9/h1-6H,10H2. The lowest BCUT2D eigenvalue weighted by Gasteiger charge is -2.00. The monoisotopic (exact) mass is 160 g/mol. The largest absolute Gasteiger partial charge is 0.619 e. The zero-order valence-electron chi connectivity index (χ0n) is 6.40. The van der Waals surface area contributed by atoms with E-state index in [0.29, 0.717) is 5.69 Å². The van der Waals surface area contributed by atoms with Gasteiger partial charge >= 0.3 is 0 Å². The average molecular weight is 160 g/mol. The van der Waals surface area contributed by atoms with Crippen molar-refractivity contribution < 1.29 is 4.73 Å². The normalized spacial score (nSPS) is 10.3. The summed E-state index contributed by atoms with van der Waals surface area (Å²) >= 11 is 0. The van der Waals surface area contributed by atoms with Gasteiger partial charge in [0.1, 0.15) is 0 Å².